The summed E-state index contributed by atoms with van der Waals surface area (Å²) in [6.07, 6.45) is 7.94. The smallest absolute Gasteiger partial charge is 0.267 e. The zero-order valence-electron chi connectivity index (χ0n) is 14.4. The average molecular weight is 351 g/mol. The second kappa shape index (κ2) is 7.31. The Labute approximate surface area is 150 Å². The summed E-state index contributed by atoms with van der Waals surface area (Å²) < 4.78 is 1.59. The fourth-order valence-corrected chi connectivity index (χ4v) is 3.34. The Kier molecular flexibility index (Phi) is 4.93. The molecule has 1 aliphatic heterocycles. The number of nitrogens with one attached hydrogen (secondary N) is 1. The van der Waals surface area contributed by atoms with E-state index in [0.29, 0.717) is 11.9 Å². The van der Waals surface area contributed by atoms with Gasteiger partial charge in [-0.25, -0.2) is 0 Å². The molecule has 6 nitrogen and oxygen atoms in total. The number of nitrogens with zero attached hydrogens (tertiary/aromatic N) is 1. The molecule has 1 aromatic carbocycles. The lowest BCUT2D eigenvalue weighted by Gasteiger charge is -2.21. The molecule has 0 unspecified atom stereocenters. The van der Waals surface area contributed by atoms with Crippen molar-refractivity contribution in [3.8, 4) is 5.75 Å². The summed E-state index contributed by atoms with van der Waals surface area (Å²) in [5.41, 5.74) is 7.14. The van der Waals surface area contributed by atoms with E-state index in [1.165, 1.54) is 6.20 Å². The number of aromatic hydroxyl groups is 1. The molecular weight excluding hydrogens is 330 g/mol. The molecule has 0 radical (unpaired) electrons. The molecule has 0 spiro atoms. The van der Waals surface area contributed by atoms with Crippen LogP contribution in [0.3, 0.4) is 0 Å². The van der Waals surface area contributed by atoms with Crippen molar-refractivity contribution in [2.45, 2.75) is 19.4 Å². The highest BCUT2D eigenvalue weighted by molar-refractivity contribution is 6.03. The SMILES string of the molecule is C=C/C=C(\C=C/N)CNC(=O)c1c(O)c2cccc3c2n(c1=O)CCC3. The molecule has 26 heavy (non-hydrogen) atoms. The molecule has 0 bridgehead atoms. The van der Waals surface area contributed by atoms with Gasteiger partial charge in [0.25, 0.3) is 11.5 Å². The predicted octanol–water partition coefficient (Wildman–Crippen LogP) is 1.97. The van der Waals surface area contributed by atoms with E-state index >= 15 is 0 Å². The van der Waals surface area contributed by atoms with Gasteiger partial charge in [-0.3, -0.25) is 9.59 Å². The van der Waals surface area contributed by atoms with Gasteiger partial charge in [-0.15, -0.1) is 0 Å². The third-order valence-corrected chi connectivity index (χ3v) is 4.49. The first-order chi connectivity index (χ1) is 12.6. The summed E-state index contributed by atoms with van der Waals surface area (Å²) in [6, 6.07) is 5.50. The van der Waals surface area contributed by atoms with Crippen molar-refractivity contribution in [2.24, 2.45) is 5.73 Å². The number of rotatable bonds is 5. The van der Waals surface area contributed by atoms with E-state index in [1.807, 2.05) is 12.1 Å². The van der Waals surface area contributed by atoms with Gasteiger partial charge in [0.1, 0.15) is 11.3 Å². The number of carbonyl (C=O) groups is 1. The minimum absolute atomic E-state index is 0.162. The number of aromatic nitrogens is 1. The number of hydrogen-bond acceptors (Lipinski definition) is 4. The Balaban J connectivity index is 2.03. The van der Waals surface area contributed by atoms with Crippen LogP contribution in [-0.4, -0.2) is 22.1 Å². The molecule has 1 amide bonds. The van der Waals surface area contributed by atoms with Crippen molar-refractivity contribution < 1.29 is 9.90 Å². The van der Waals surface area contributed by atoms with Crippen molar-refractivity contribution in [1.29, 1.82) is 0 Å². The topological polar surface area (TPSA) is 97.3 Å². The molecule has 0 saturated heterocycles. The number of pyridine rings is 1. The van der Waals surface area contributed by atoms with Gasteiger partial charge in [0, 0.05) is 18.5 Å². The van der Waals surface area contributed by atoms with Crippen molar-refractivity contribution in [3.63, 3.8) is 0 Å². The predicted molar refractivity (Wildman–Crippen MR) is 102 cm³/mol. The average Bonchev–Trinajstić information content (AvgIpc) is 2.64. The number of allylic oxidation sites excluding steroid dienone is 2. The summed E-state index contributed by atoms with van der Waals surface area (Å²) in [7, 11) is 0. The van der Waals surface area contributed by atoms with Gasteiger partial charge in [0.05, 0.1) is 5.52 Å². The van der Waals surface area contributed by atoms with Crippen molar-refractivity contribution in [1.82, 2.24) is 9.88 Å². The minimum Gasteiger partial charge on any atom is -0.506 e. The van der Waals surface area contributed by atoms with Gasteiger partial charge >= 0.3 is 0 Å². The van der Waals surface area contributed by atoms with Crippen LogP contribution in [0.5, 0.6) is 5.75 Å². The van der Waals surface area contributed by atoms with Crippen LogP contribution in [0.25, 0.3) is 10.9 Å². The highest BCUT2D eigenvalue weighted by Gasteiger charge is 2.24. The Morgan fingerprint density at radius 3 is 2.96 bits per heavy atom. The molecule has 4 N–H and O–H groups in total. The molecule has 134 valence electrons. The van der Waals surface area contributed by atoms with Crippen LogP contribution in [0, 0.1) is 0 Å². The van der Waals surface area contributed by atoms with Crippen LogP contribution >= 0.6 is 0 Å². The molecule has 1 aromatic heterocycles. The number of aryl methyl sites for hydroxylation is 2. The van der Waals surface area contributed by atoms with Gasteiger partial charge < -0.3 is 20.7 Å². The van der Waals surface area contributed by atoms with Crippen molar-refractivity contribution in [3.05, 3.63) is 76.3 Å². The summed E-state index contributed by atoms with van der Waals surface area (Å²) in [6.45, 7) is 4.30. The van der Waals surface area contributed by atoms with Gasteiger partial charge in [0.15, 0.2) is 0 Å². The summed E-state index contributed by atoms with van der Waals surface area (Å²) in [4.78, 5) is 25.5. The molecule has 6 heteroatoms. The quantitative estimate of drug-likeness (QED) is 0.718. The Morgan fingerprint density at radius 1 is 1.42 bits per heavy atom. The highest BCUT2D eigenvalue weighted by atomic mass is 16.3. The summed E-state index contributed by atoms with van der Waals surface area (Å²) >= 11 is 0. The normalized spacial score (nSPS) is 13.9. The van der Waals surface area contributed by atoms with Crippen molar-refractivity contribution >= 4 is 16.8 Å². The first-order valence-electron chi connectivity index (χ1n) is 8.44. The third kappa shape index (κ3) is 3.01. The van der Waals surface area contributed by atoms with E-state index in [1.54, 1.807) is 28.9 Å². The van der Waals surface area contributed by atoms with Crippen LogP contribution in [0.2, 0.25) is 0 Å². The largest absolute Gasteiger partial charge is 0.506 e. The molecule has 0 atom stereocenters. The summed E-state index contributed by atoms with van der Waals surface area (Å²) in [5.74, 6) is -0.888. The van der Waals surface area contributed by atoms with E-state index in [0.717, 1.165) is 29.5 Å². The number of para-hydroxylation sites is 1. The van der Waals surface area contributed by atoms with Gasteiger partial charge in [-0.05, 0) is 42.3 Å². The zero-order chi connectivity index (χ0) is 18.7. The lowest BCUT2D eigenvalue weighted by molar-refractivity contribution is 0.0952. The van der Waals surface area contributed by atoms with Gasteiger partial charge in [0.2, 0.25) is 0 Å². The van der Waals surface area contributed by atoms with E-state index in [9.17, 15) is 14.7 Å². The van der Waals surface area contributed by atoms with E-state index in [-0.39, 0.29) is 17.9 Å². The van der Waals surface area contributed by atoms with Gasteiger partial charge in [-0.1, -0.05) is 30.9 Å². The van der Waals surface area contributed by atoms with E-state index in [2.05, 4.69) is 11.9 Å². The highest BCUT2D eigenvalue weighted by Crippen LogP contribution is 2.31. The Hall–Kier alpha value is -3.28. The second-order valence-corrected chi connectivity index (χ2v) is 6.12. The van der Waals surface area contributed by atoms with Crippen LogP contribution in [0.4, 0.5) is 0 Å². The van der Waals surface area contributed by atoms with Crippen molar-refractivity contribution in [2.75, 3.05) is 6.54 Å². The summed E-state index contributed by atoms with van der Waals surface area (Å²) in [5, 5.41) is 13.8. The molecule has 2 aromatic rings. The van der Waals surface area contributed by atoms with Crippen LogP contribution < -0.4 is 16.6 Å². The maximum atomic E-state index is 12.8. The van der Waals surface area contributed by atoms with E-state index in [4.69, 9.17) is 5.73 Å². The number of nitrogens with two attached hydrogens (primary N) is 1. The standard InChI is InChI=1S/C20H21N3O3/c1-2-5-13(9-10-21)12-22-19(25)16-18(24)15-8-3-6-14-7-4-11-23(17(14)15)20(16)26/h2-3,5-6,8-10,24H,1,4,7,11-12,21H2,(H,22,25)/b10-9-,13-5+. The van der Waals surface area contributed by atoms with Crippen LogP contribution in [-0.2, 0) is 13.0 Å². The molecule has 2 heterocycles. The first-order valence-corrected chi connectivity index (χ1v) is 8.44. The molecular formula is C20H21N3O3. The lowest BCUT2D eigenvalue weighted by Crippen LogP contribution is -2.35. The maximum absolute atomic E-state index is 12.8. The molecule has 0 saturated carbocycles. The number of carbonyl (C=O) groups excluding carboxylic acids is 1. The lowest BCUT2D eigenvalue weighted by atomic mass is 9.99. The number of benzene rings is 1. The Morgan fingerprint density at radius 2 is 2.23 bits per heavy atom. The van der Waals surface area contributed by atoms with Crippen LogP contribution in [0.1, 0.15) is 22.3 Å². The molecule has 1 aliphatic rings. The van der Waals surface area contributed by atoms with E-state index < -0.39 is 11.5 Å². The Bertz CT molecular complexity index is 1000. The number of amides is 1. The molecule has 0 fully saturated rings. The first kappa shape index (κ1) is 17.5. The fourth-order valence-electron chi connectivity index (χ4n) is 3.34. The molecule has 0 aliphatic carbocycles. The minimum atomic E-state index is -0.616. The molecule has 3 rings (SSSR count). The second-order valence-electron chi connectivity index (χ2n) is 6.12. The fraction of sp³-hybridized carbons (Fsp3) is 0.200. The maximum Gasteiger partial charge on any atom is 0.267 e. The zero-order valence-corrected chi connectivity index (χ0v) is 14.4. The number of hydrogen-bond donors (Lipinski definition) is 3. The monoisotopic (exact) mass is 351 g/mol. The third-order valence-electron chi connectivity index (χ3n) is 4.49. The van der Waals surface area contributed by atoms with Gasteiger partial charge in [-0.2, -0.15) is 0 Å². The van der Waals surface area contributed by atoms with Crippen LogP contribution in [0.15, 0.2) is 59.6 Å².